The van der Waals surface area contributed by atoms with E-state index in [4.69, 9.17) is 4.74 Å². The molecule has 0 radical (unpaired) electrons. The maximum atomic E-state index is 12.1. The minimum absolute atomic E-state index is 0.0258. The first-order chi connectivity index (χ1) is 11.6. The Hall–Kier alpha value is -2.62. The summed E-state index contributed by atoms with van der Waals surface area (Å²) in [6.07, 6.45) is 2.03. The number of amides is 1. The molecular weight excluding hydrogens is 302 g/mol. The van der Waals surface area contributed by atoms with Crippen molar-refractivity contribution in [1.29, 1.82) is 0 Å². The SMILES string of the molecule is COc1ccc(C(C)=O)cc1CC(=O)NCCCc1ccccc1. The first-order valence-corrected chi connectivity index (χ1v) is 8.08. The van der Waals surface area contributed by atoms with E-state index in [2.05, 4.69) is 17.4 Å². The van der Waals surface area contributed by atoms with Gasteiger partial charge < -0.3 is 10.1 Å². The van der Waals surface area contributed by atoms with Gasteiger partial charge in [0.25, 0.3) is 0 Å². The van der Waals surface area contributed by atoms with Crippen molar-refractivity contribution in [2.45, 2.75) is 26.2 Å². The average Bonchev–Trinajstić information content (AvgIpc) is 2.59. The van der Waals surface area contributed by atoms with Crippen molar-refractivity contribution in [2.24, 2.45) is 0 Å². The molecule has 0 aliphatic rings. The second-order valence-corrected chi connectivity index (χ2v) is 5.70. The van der Waals surface area contributed by atoms with Gasteiger partial charge in [0.2, 0.25) is 5.91 Å². The van der Waals surface area contributed by atoms with Crippen molar-refractivity contribution >= 4 is 11.7 Å². The van der Waals surface area contributed by atoms with Gasteiger partial charge in [-0.2, -0.15) is 0 Å². The Morgan fingerprint density at radius 2 is 1.83 bits per heavy atom. The van der Waals surface area contributed by atoms with Gasteiger partial charge in [0.05, 0.1) is 13.5 Å². The highest BCUT2D eigenvalue weighted by Crippen LogP contribution is 2.20. The van der Waals surface area contributed by atoms with Crippen molar-refractivity contribution in [2.75, 3.05) is 13.7 Å². The van der Waals surface area contributed by atoms with E-state index in [1.54, 1.807) is 25.3 Å². The molecule has 0 saturated heterocycles. The summed E-state index contributed by atoms with van der Waals surface area (Å²) in [6.45, 7) is 2.14. The van der Waals surface area contributed by atoms with E-state index in [9.17, 15) is 9.59 Å². The van der Waals surface area contributed by atoms with E-state index >= 15 is 0 Å². The largest absolute Gasteiger partial charge is 0.496 e. The molecular formula is C20H23NO3. The number of Topliss-reactive ketones (excluding diaryl/α,β-unsaturated/α-hetero) is 1. The summed E-state index contributed by atoms with van der Waals surface area (Å²) in [7, 11) is 1.56. The van der Waals surface area contributed by atoms with Crippen molar-refractivity contribution in [3.05, 3.63) is 65.2 Å². The maximum absolute atomic E-state index is 12.1. The standard InChI is InChI=1S/C20H23NO3/c1-15(22)17-10-11-19(24-2)18(13-17)14-20(23)21-12-6-9-16-7-4-3-5-8-16/h3-5,7-8,10-11,13H,6,9,12,14H2,1-2H3,(H,21,23). The first-order valence-electron chi connectivity index (χ1n) is 8.08. The topological polar surface area (TPSA) is 55.4 Å². The molecule has 0 bridgehead atoms. The summed E-state index contributed by atoms with van der Waals surface area (Å²) >= 11 is 0. The van der Waals surface area contributed by atoms with E-state index in [-0.39, 0.29) is 18.1 Å². The fourth-order valence-corrected chi connectivity index (χ4v) is 2.54. The number of carbonyl (C=O) groups is 2. The monoisotopic (exact) mass is 325 g/mol. The number of rotatable bonds is 8. The second kappa shape index (κ2) is 8.87. The van der Waals surface area contributed by atoms with Gasteiger partial charge in [0.15, 0.2) is 5.78 Å². The van der Waals surface area contributed by atoms with Crippen LogP contribution >= 0.6 is 0 Å². The summed E-state index contributed by atoms with van der Waals surface area (Å²) in [5, 5.41) is 2.92. The molecule has 0 heterocycles. The highest BCUT2D eigenvalue weighted by atomic mass is 16.5. The smallest absolute Gasteiger partial charge is 0.224 e. The van der Waals surface area contributed by atoms with Gasteiger partial charge in [-0.25, -0.2) is 0 Å². The van der Waals surface area contributed by atoms with Crippen LogP contribution in [0.2, 0.25) is 0 Å². The van der Waals surface area contributed by atoms with Gasteiger partial charge in [0, 0.05) is 17.7 Å². The average molecular weight is 325 g/mol. The zero-order valence-corrected chi connectivity index (χ0v) is 14.2. The van der Waals surface area contributed by atoms with Gasteiger partial charge in [-0.15, -0.1) is 0 Å². The molecule has 0 atom stereocenters. The van der Waals surface area contributed by atoms with E-state index in [0.29, 0.717) is 17.9 Å². The normalized spacial score (nSPS) is 10.2. The van der Waals surface area contributed by atoms with Crippen LogP contribution < -0.4 is 10.1 Å². The predicted molar refractivity (Wildman–Crippen MR) is 94.5 cm³/mol. The quantitative estimate of drug-likeness (QED) is 0.599. The minimum atomic E-state index is -0.0675. The zero-order valence-electron chi connectivity index (χ0n) is 14.2. The van der Waals surface area contributed by atoms with Crippen LogP contribution in [0.5, 0.6) is 5.75 Å². The number of ketones is 1. The van der Waals surface area contributed by atoms with Crippen LogP contribution in [0, 0.1) is 0 Å². The lowest BCUT2D eigenvalue weighted by atomic mass is 10.0. The molecule has 126 valence electrons. The molecule has 2 aromatic rings. The molecule has 24 heavy (non-hydrogen) atoms. The van der Waals surface area contributed by atoms with Crippen molar-refractivity contribution in [1.82, 2.24) is 5.32 Å². The lowest BCUT2D eigenvalue weighted by molar-refractivity contribution is -0.120. The van der Waals surface area contributed by atoms with Crippen LogP contribution in [0.25, 0.3) is 0 Å². The molecule has 0 aliphatic carbocycles. The van der Waals surface area contributed by atoms with Gasteiger partial charge >= 0.3 is 0 Å². The molecule has 1 N–H and O–H groups in total. The zero-order chi connectivity index (χ0) is 17.4. The minimum Gasteiger partial charge on any atom is -0.496 e. The van der Waals surface area contributed by atoms with Crippen LogP contribution in [-0.4, -0.2) is 25.3 Å². The van der Waals surface area contributed by atoms with Gasteiger partial charge in [-0.3, -0.25) is 9.59 Å². The number of hydrogen-bond acceptors (Lipinski definition) is 3. The summed E-state index contributed by atoms with van der Waals surface area (Å²) < 4.78 is 5.27. The number of methoxy groups -OCH3 is 1. The summed E-state index contributed by atoms with van der Waals surface area (Å²) in [5.74, 6) is 0.531. The molecule has 0 spiro atoms. The Morgan fingerprint density at radius 3 is 2.50 bits per heavy atom. The molecule has 1 amide bonds. The Morgan fingerprint density at radius 1 is 1.08 bits per heavy atom. The molecule has 2 rings (SSSR count). The summed E-state index contributed by atoms with van der Waals surface area (Å²) in [4.78, 5) is 23.6. The number of aryl methyl sites for hydroxylation is 1. The number of nitrogens with one attached hydrogen (secondary N) is 1. The van der Waals surface area contributed by atoms with E-state index < -0.39 is 0 Å². The number of hydrogen-bond donors (Lipinski definition) is 1. The van der Waals surface area contributed by atoms with Crippen LogP contribution in [0.4, 0.5) is 0 Å². The van der Waals surface area contributed by atoms with Gasteiger partial charge in [-0.1, -0.05) is 30.3 Å². The molecule has 0 fully saturated rings. The Bertz CT molecular complexity index is 695. The van der Waals surface area contributed by atoms with Crippen molar-refractivity contribution in [3.8, 4) is 5.75 Å². The predicted octanol–water partition coefficient (Wildman–Crippen LogP) is 3.19. The number of carbonyl (C=O) groups excluding carboxylic acids is 2. The lowest BCUT2D eigenvalue weighted by Gasteiger charge is -2.10. The number of benzene rings is 2. The molecule has 0 aliphatic heterocycles. The third kappa shape index (κ3) is 5.23. The summed E-state index contributed by atoms with van der Waals surface area (Å²) in [6, 6.07) is 15.4. The first kappa shape index (κ1) is 17.7. The van der Waals surface area contributed by atoms with Crippen LogP contribution in [0.15, 0.2) is 48.5 Å². The Labute approximate surface area is 142 Å². The van der Waals surface area contributed by atoms with Crippen molar-refractivity contribution in [3.63, 3.8) is 0 Å². The Kier molecular flexibility index (Phi) is 6.55. The molecule has 2 aromatic carbocycles. The number of ether oxygens (including phenoxy) is 1. The maximum Gasteiger partial charge on any atom is 0.224 e. The highest BCUT2D eigenvalue weighted by Gasteiger charge is 2.11. The Balaban J connectivity index is 1.85. The van der Waals surface area contributed by atoms with E-state index in [1.165, 1.54) is 12.5 Å². The fraction of sp³-hybridized carbons (Fsp3) is 0.300. The van der Waals surface area contributed by atoms with Gasteiger partial charge in [-0.05, 0) is 43.5 Å². The van der Waals surface area contributed by atoms with Crippen LogP contribution in [0.3, 0.4) is 0 Å². The molecule has 0 saturated carbocycles. The van der Waals surface area contributed by atoms with E-state index in [1.807, 2.05) is 18.2 Å². The van der Waals surface area contributed by atoms with Crippen molar-refractivity contribution < 1.29 is 14.3 Å². The molecule has 4 nitrogen and oxygen atoms in total. The highest BCUT2D eigenvalue weighted by molar-refractivity contribution is 5.94. The van der Waals surface area contributed by atoms with Crippen LogP contribution in [0.1, 0.15) is 34.8 Å². The molecule has 4 heteroatoms. The second-order valence-electron chi connectivity index (χ2n) is 5.70. The molecule has 0 aromatic heterocycles. The molecule has 0 unspecified atom stereocenters. The summed E-state index contributed by atoms with van der Waals surface area (Å²) in [5.41, 5.74) is 2.58. The lowest BCUT2D eigenvalue weighted by Crippen LogP contribution is -2.26. The van der Waals surface area contributed by atoms with Crippen LogP contribution in [-0.2, 0) is 17.6 Å². The van der Waals surface area contributed by atoms with E-state index in [0.717, 1.165) is 18.4 Å². The third-order valence-corrected chi connectivity index (χ3v) is 3.85. The van der Waals surface area contributed by atoms with Gasteiger partial charge in [0.1, 0.15) is 5.75 Å². The third-order valence-electron chi connectivity index (χ3n) is 3.85. The fourth-order valence-electron chi connectivity index (χ4n) is 2.54.